The van der Waals surface area contributed by atoms with Crippen LogP contribution in [0, 0.1) is 6.92 Å². The second-order valence-electron chi connectivity index (χ2n) is 4.73. The summed E-state index contributed by atoms with van der Waals surface area (Å²) in [5.41, 5.74) is 12.8. The zero-order chi connectivity index (χ0) is 13.3. The van der Waals surface area contributed by atoms with Crippen molar-refractivity contribution < 1.29 is 0 Å². The molecule has 0 aliphatic carbocycles. The molecule has 3 nitrogen and oxygen atoms in total. The number of nitrogens with two attached hydrogens (primary N) is 1. The average molecular weight is 243 g/mol. The second kappa shape index (κ2) is 4.84. The normalized spacial score (nSPS) is 10.9. The zero-order valence-electron chi connectivity index (χ0n) is 11.6. The van der Waals surface area contributed by atoms with E-state index in [1.165, 1.54) is 22.4 Å². The van der Waals surface area contributed by atoms with Crippen LogP contribution in [0.5, 0.6) is 0 Å². The minimum Gasteiger partial charge on any atom is -0.399 e. The number of anilines is 1. The first-order chi connectivity index (χ1) is 8.56. The Morgan fingerprint density at radius 2 is 1.89 bits per heavy atom. The fourth-order valence-corrected chi connectivity index (χ4v) is 2.56. The topological polar surface area (TPSA) is 43.8 Å². The molecule has 0 bridgehead atoms. The maximum Gasteiger partial charge on any atom is 0.0703 e. The number of nitrogen functional groups attached to an aromatic ring is 1. The summed E-state index contributed by atoms with van der Waals surface area (Å²) in [6.45, 7) is 6.39. The Bertz CT molecular complexity index is 547. The maximum atomic E-state index is 5.96. The van der Waals surface area contributed by atoms with Gasteiger partial charge in [0.25, 0.3) is 0 Å². The maximum absolute atomic E-state index is 5.96. The van der Waals surface area contributed by atoms with E-state index in [4.69, 9.17) is 5.73 Å². The van der Waals surface area contributed by atoms with Crippen LogP contribution in [0.3, 0.4) is 0 Å². The molecular weight excluding hydrogens is 222 g/mol. The highest BCUT2D eigenvalue weighted by Crippen LogP contribution is 2.30. The summed E-state index contributed by atoms with van der Waals surface area (Å²) in [5.74, 6) is 0. The van der Waals surface area contributed by atoms with Crippen LogP contribution in [0.4, 0.5) is 5.69 Å². The molecule has 3 heteroatoms. The number of benzene rings is 1. The quantitative estimate of drug-likeness (QED) is 0.842. The molecule has 96 valence electrons. The molecule has 0 aliphatic rings. The summed E-state index contributed by atoms with van der Waals surface area (Å²) in [6, 6.07) is 6.23. The lowest BCUT2D eigenvalue weighted by Gasteiger charge is -2.08. The van der Waals surface area contributed by atoms with Gasteiger partial charge in [0, 0.05) is 24.0 Å². The lowest BCUT2D eigenvalue weighted by atomic mass is 9.98. The highest BCUT2D eigenvalue weighted by atomic mass is 15.3. The highest BCUT2D eigenvalue weighted by Gasteiger charge is 2.15. The van der Waals surface area contributed by atoms with Crippen molar-refractivity contribution >= 4 is 5.69 Å². The van der Waals surface area contributed by atoms with Crippen molar-refractivity contribution in [2.24, 2.45) is 7.05 Å². The summed E-state index contributed by atoms with van der Waals surface area (Å²) < 4.78 is 1.99. The van der Waals surface area contributed by atoms with E-state index in [2.05, 4.69) is 31.9 Å². The number of hydrogen-bond donors (Lipinski definition) is 1. The van der Waals surface area contributed by atoms with Gasteiger partial charge in [-0.25, -0.2) is 0 Å². The van der Waals surface area contributed by atoms with Crippen LogP contribution in [-0.4, -0.2) is 9.78 Å². The molecule has 0 atom stereocenters. The number of rotatable bonds is 3. The van der Waals surface area contributed by atoms with E-state index in [1.54, 1.807) is 0 Å². The SMILES string of the molecule is CCc1nn(C)c(CC)c1-c1cc(C)cc(N)c1. The van der Waals surface area contributed by atoms with Crippen molar-refractivity contribution in [3.8, 4) is 11.1 Å². The molecular formula is C15H21N3. The lowest BCUT2D eigenvalue weighted by molar-refractivity contribution is 0.705. The molecule has 1 heterocycles. The van der Waals surface area contributed by atoms with Crippen LogP contribution in [0.1, 0.15) is 30.8 Å². The third-order valence-corrected chi connectivity index (χ3v) is 3.30. The fraction of sp³-hybridized carbons (Fsp3) is 0.400. The molecule has 2 aromatic rings. The summed E-state index contributed by atoms with van der Waals surface area (Å²) >= 11 is 0. The molecule has 2 N–H and O–H groups in total. The summed E-state index contributed by atoms with van der Waals surface area (Å²) in [4.78, 5) is 0. The minimum atomic E-state index is 0.818. The molecule has 0 fully saturated rings. The molecule has 0 radical (unpaired) electrons. The van der Waals surface area contributed by atoms with Gasteiger partial charge in [-0.05, 0) is 43.0 Å². The molecule has 18 heavy (non-hydrogen) atoms. The molecule has 0 amide bonds. The Labute approximate surface area is 109 Å². The van der Waals surface area contributed by atoms with Gasteiger partial charge < -0.3 is 5.73 Å². The van der Waals surface area contributed by atoms with Gasteiger partial charge in [0.1, 0.15) is 0 Å². The second-order valence-corrected chi connectivity index (χ2v) is 4.73. The lowest BCUT2D eigenvalue weighted by Crippen LogP contribution is -1.97. The van der Waals surface area contributed by atoms with Crippen LogP contribution >= 0.6 is 0 Å². The summed E-state index contributed by atoms with van der Waals surface area (Å²) in [5, 5.41) is 4.61. The van der Waals surface area contributed by atoms with Crippen molar-refractivity contribution in [3.63, 3.8) is 0 Å². The first-order valence-corrected chi connectivity index (χ1v) is 6.49. The van der Waals surface area contributed by atoms with Crippen LogP contribution in [-0.2, 0) is 19.9 Å². The number of aromatic nitrogens is 2. The van der Waals surface area contributed by atoms with Gasteiger partial charge in [-0.1, -0.05) is 19.9 Å². The predicted molar refractivity (Wildman–Crippen MR) is 76.5 cm³/mol. The van der Waals surface area contributed by atoms with E-state index in [0.717, 1.165) is 24.2 Å². The monoisotopic (exact) mass is 243 g/mol. The predicted octanol–water partition coefficient (Wildman–Crippen LogP) is 3.10. The van der Waals surface area contributed by atoms with Crippen molar-refractivity contribution in [1.29, 1.82) is 0 Å². The van der Waals surface area contributed by atoms with E-state index < -0.39 is 0 Å². The van der Waals surface area contributed by atoms with Crippen molar-refractivity contribution in [2.75, 3.05) is 5.73 Å². The number of aryl methyl sites for hydroxylation is 3. The van der Waals surface area contributed by atoms with Gasteiger partial charge in [-0.15, -0.1) is 0 Å². The Morgan fingerprint density at radius 1 is 1.17 bits per heavy atom. The van der Waals surface area contributed by atoms with Crippen molar-refractivity contribution in [3.05, 3.63) is 35.2 Å². The van der Waals surface area contributed by atoms with Crippen LogP contribution < -0.4 is 5.73 Å². The van der Waals surface area contributed by atoms with Gasteiger partial charge in [-0.2, -0.15) is 5.10 Å². The molecule has 0 saturated carbocycles. The van der Waals surface area contributed by atoms with Crippen LogP contribution in [0.2, 0.25) is 0 Å². The van der Waals surface area contributed by atoms with E-state index >= 15 is 0 Å². The third kappa shape index (κ3) is 2.13. The Balaban J connectivity index is 2.68. The fourth-order valence-electron chi connectivity index (χ4n) is 2.56. The Kier molecular flexibility index (Phi) is 3.41. The summed E-state index contributed by atoms with van der Waals surface area (Å²) in [6.07, 6.45) is 1.92. The minimum absolute atomic E-state index is 0.818. The zero-order valence-corrected chi connectivity index (χ0v) is 11.6. The first kappa shape index (κ1) is 12.7. The third-order valence-electron chi connectivity index (χ3n) is 3.30. The number of hydrogen-bond acceptors (Lipinski definition) is 2. The molecule has 0 saturated heterocycles. The van der Waals surface area contributed by atoms with E-state index in [1.807, 2.05) is 23.9 Å². The summed E-state index contributed by atoms with van der Waals surface area (Å²) in [7, 11) is 2.01. The Morgan fingerprint density at radius 3 is 2.44 bits per heavy atom. The van der Waals surface area contributed by atoms with Gasteiger partial charge in [0.05, 0.1) is 5.69 Å². The molecule has 1 aromatic heterocycles. The molecule has 2 rings (SSSR count). The van der Waals surface area contributed by atoms with E-state index in [0.29, 0.717) is 0 Å². The van der Waals surface area contributed by atoms with Gasteiger partial charge in [-0.3, -0.25) is 4.68 Å². The van der Waals surface area contributed by atoms with Crippen molar-refractivity contribution in [2.45, 2.75) is 33.6 Å². The van der Waals surface area contributed by atoms with Gasteiger partial charge in [0.15, 0.2) is 0 Å². The number of nitrogens with zero attached hydrogens (tertiary/aromatic N) is 2. The first-order valence-electron chi connectivity index (χ1n) is 6.49. The molecule has 1 aromatic carbocycles. The van der Waals surface area contributed by atoms with Crippen LogP contribution in [0.15, 0.2) is 18.2 Å². The van der Waals surface area contributed by atoms with Gasteiger partial charge >= 0.3 is 0 Å². The average Bonchev–Trinajstić information content (AvgIpc) is 2.64. The molecule has 0 aliphatic heterocycles. The standard InChI is InChI=1S/C15H21N3/c1-5-13-15(14(6-2)18(4)17-13)11-7-10(3)8-12(16)9-11/h7-9H,5-6,16H2,1-4H3. The smallest absolute Gasteiger partial charge is 0.0703 e. The van der Waals surface area contributed by atoms with E-state index in [9.17, 15) is 0 Å². The highest BCUT2D eigenvalue weighted by molar-refractivity contribution is 5.72. The largest absolute Gasteiger partial charge is 0.399 e. The van der Waals surface area contributed by atoms with Gasteiger partial charge in [0.2, 0.25) is 0 Å². The molecule has 0 unspecified atom stereocenters. The van der Waals surface area contributed by atoms with Crippen molar-refractivity contribution in [1.82, 2.24) is 9.78 Å². The Hall–Kier alpha value is -1.77. The van der Waals surface area contributed by atoms with E-state index in [-0.39, 0.29) is 0 Å². The van der Waals surface area contributed by atoms with Crippen LogP contribution in [0.25, 0.3) is 11.1 Å². The molecule has 0 spiro atoms.